The molecule has 1 amide bonds. The van der Waals surface area contributed by atoms with Gasteiger partial charge in [-0.3, -0.25) is 14.5 Å². The van der Waals surface area contributed by atoms with Gasteiger partial charge in [0, 0.05) is 38.0 Å². The van der Waals surface area contributed by atoms with Gasteiger partial charge >= 0.3 is 0 Å². The molecule has 0 aliphatic carbocycles. The van der Waals surface area contributed by atoms with Gasteiger partial charge in [0.2, 0.25) is 11.9 Å². The van der Waals surface area contributed by atoms with Gasteiger partial charge in [-0.05, 0) is 12.0 Å². The van der Waals surface area contributed by atoms with Crippen molar-refractivity contribution in [2.75, 3.05) is 17.2 Å². The minimum absolute atomic E-state index is 0.0327. The van der Waals surface area contributed by atoms with Gasteiger partial charge in [-0.15, -0.1) is 0 Å². The first-order chi connectivity index (χ1) is 8.16. The van der Waals surface area contributed by atoms with E-state index in [-0.39, 0.29) is 16.9 Å². The zero-order valence-corrected chi connectivity index (χ0v) is 10.3. The average molecular weight is 251 g/mol. The highest BCUT2D eigenvalue weighted by molar-refractivity contribution is 8.13. The third-order valence-electron chi connectivity index (χ3n) is 2.52. The van der Waals surface area contributed by atoms with Gasteiger partial charge in [-0.25, -0.2) is 9.97 Å². The molecule has 1 aliphatic rings. The molecule has 2 heterocycles. The SMILES string of the molecule is CC(=O)SCC1CC(=O)N(c2ncccn2)C1. The van der Waals surface area contributed by atoms with Crippen molar-refractivity contribution in [3.8, 4) is 0 Å². The lowest BCUT2D eigenvalue weighted by Crippen LogP contribution is -2.26. The van der Waals surface area contributed by atoms with Gasteiger partial charge in [0.1, 0.15) is 0 Å². The molecule has 0 bridgehead atoms. The molecule has 1 saturated heterocycles. The van der Waals surface area contributed by atoms with Crippen LogP contribution in [0.1, 0.15) is 13.3 Å². The molecule has 2 rings (SSSR count). The van der Waals surface area contributed by atoms with Crippen LogP contribution in [0.4, 0.5) is 5.95 Å². The summed E-state index contributed by atoms with van der Waals surface area (Å²) in [6.07, 6.45) is 3.71. The van der Waals surface area contributed by atoms with Crippen LogP contribution in [0.25, 0.3) is 0 Å². The smallest absolute Gasteiger partial charge is 0.232 e. The predicted molar refractivity (Wildman–Crippen MR) is 65.6 cm³/mol. The molecule has 90 valence electrons. The lowest BCUT2D eigenvalue weighted by molar-refractivity contribution is -0.117. The molecule has 17 heavy (non-hydrogen) atoms. The Labute approximate surface area is 104 Å². The van der Waals surface area contributed by atoms with E-state index in [0.717, 1.165) is 0 Å². The van der Waals surface area contributed by atoms with Crippen LogP contribution in [0, 0.1) is 5.92 Å². The fraction of sp³-hybridized carbons (Fsp3) is 0.455. The zero-order chi connectivity index (χ0) is 12.3. The summed E-state index contributed by atoms with van der Waals surface area (Å²) in [4.78, 5) is 32.4. The Balaban J connectivity index is 1.98. The summed E-state index contributed by atoms with van der Waals surface area (Å²) in [5.74, 6) is 1.38. The number of hydrogen-bond donors (Lipinski definition) is 0. The number of aromatic nitrogens is 2. The van der Waals surface area contributed by atoms with Crippen LogP contribution in [0.5, 0.6) is 0 Å². The summed E-state index contributed by atoms with van der Waals surface area (Å²) in [5, 5.41) is 0.0897. The summed E-state index contributed by atoms with van der Waals surface area (Å²) >= 11 is 1.27. The van der Waals surface area contributed by atoms with Crippen molar-refractivity contribution in [1.29, 1.82) is 0 Å². The van der Waals surface area contributed by atoms with E-state index in [2.05, 4.69) is 9.97 Å². The van der Waals surface area contributed by atoms with Crippen LogP contribution in [0.15, 0.2) is 18.5 Å². The summed E-state index contributed by atoms with van der Waals surface area (Å²) in [6.45, 7) is 2.14. The van der Waals surface area contributed by atoms with E-state index in [9.17, 15) is 9.59 Å². The van der Waals surface area contributed by atoms with Crippen LogP contribution >= 0.6 is 11.8 Å². The predicted octanol–water partition coefficient (Wildman–Crippen LogP) is 1.11. The number of anilines is 1. The molecular formula is C11H13N3O2S. The van der Waals surface area contributed by atoms with Gasteiger partial charge in [-0.1, -0.05) is 11.8 Å². The molecule has 0 N–H and O–H groups in total. The summed E-state index contributed by atoms with van der Waals surface area (Å²) < 4.78 is 0. The molecule has 1 aromatic heterocycles. The highest BCUT2D eigenvalue weighted by atomic mass is 32.2. The first kappa shape index (κ1) is 12.0. The van der Waals surface area contributed by atoms with Crippen molar-refractivity contribution in [2.45, 2.75) is 13.3 Å². The molecule has 5 nitrogen and oxygen atoms in total. The zero-order valence-electron chi connectivity index (χ0n) is 9.50. The second-order valence-corrected chi connectivity index (χ2v) is 5.12. The van der Waals surface area contributed by atoms with Crippen molar-refractivity contribution in [3.63, 3.8) is 0 Å². The van der Waals surface area contributed by atoms with Gasteiger partial charge in [0.05, 0.1) is 0 Å². The second-order valence-electron chi connectivity index (χ2n) is 3.93. The van der Waals surface area contributed by atoms with E-state index >= 15 is 0 Å². The molecule has 0 aromatic carbocycles. The molecule has 1 atom stereocenters. The van der Waals surface area contributed by atoms with Gasteiger partial charge in [0.15, 0.2) is 5.12 Å². The number of carbonyl (C=O) groups excluding carboxylic acids is 2. The number of rotatable bonds is 3. The highest BCUT2D eigenvalue weighted by Crippen LogP contribution is 2.24. The minimum Gasteiger partial charge on any atom is -0.288 e. The quantitative estimate of drug-likeness (QED) is 0.805. The van der Waals surface area contributed by atoms with Crippen molar-refractivity contribution < 1.29 is 9.59 Å². The largest absolute Gasteiger partial charge is 0.288 e. The van der Waals surface area contributed by atoms with Crippen LogP contribution in [-0.4, -0.2) is 33.3 Å². The van der Waals surface area contributed by atoms with E-state index in [1.165, 1.54) is 11.8 Å². The molecule has 0 spiro atoms. The van der Waals surface area contributed by atoms with E-state index < -0.39 is 0 Å². The fourth-order valence-corrected chi connectivity index (χ4v) is 2.45. The number of thioether (sulfide) groups is 1. The number of amides is 1. The van der Waals surface area contributed by atoms with Crippen molar-refractivity contribution in [1.82, 2.24) is 9.97 Å². The molecule has 1 unspecified atom stereocenters. The number of hydrogen-bond acceptors (Lipinski definition) is 5. The first-order valence-corrected chi connectivity index (χ1v) is 6.36. The second kappa shape index (κ2) is 5.27. The minimum atomic E-state index is 0.0327. The Kier molecular flexibility index (Phi) is 3.73. The third kappa shape index (κ3) is 3.03. The average Bonchev–Trinajstić information content (AvgIpc) is 2.69. The fourth-order valence-electron chi connectivity index (χ4n) is 1.75. The first-order valence-electron chi connectivity index (χ1n) is 5.37. The maximum absolute atomic E-state index is 11.8. The van der Waals surface area contributed by atoms with E-state index in [1.54, 1.807) is 30.3 Å². The van der Waals surface area contributed by atoms with Crippen LogP contribution in [-0.2, 0) is 9.59 Å². The summed E-state index contributed by atoms with van der Waals surface area (Å²) in [6, 6.07) is 1.72. The van der Waals surface area contributed by atoms with Gasteiger partial charge < -0.3 is 0 Å². The van der Waals surface area contributed by atoms with Crippen LogP contribution in [0.2, 0.25) is 0 Å². The maximum atomic E-state index is 11.8. The van der Waals surface area contributed by atoms with Crippen molar-refractivity contribution >= 4 is 28.7 Å². The Hall–Kier alpha value is -1.43. The van der Waals surface area contributed by atoms with Gasteiger partial charge in [0.25, 0.3) is 0 Å². The maximum Gasteiger partial charge on any atom is 0.232 e. The molecule has 6 heteroatoms. The Morgan fingerprint density at radius 1 is 1.53 bits per heavy atom. The standard InChI is InChI=1S/C11H13N3O2S/c1-8(15)17-7-9-5-10(16)14(6-9)11-12-3-2-4-13-11/h2-4,9H,5-7H2,1H3. The lowest BCUT2D eigenvalue weighted by atomic mass is 10.1. The molecule has 1 aliphatic heterocycles. The molecular weight excluding hydrogens is 238 g/mol. The van der Waals surface area contributed by atoms with Crippen LogP contribution < -0.4 is 4.90 Å². The summed E-state index contributed by atoms with van der Waals surface area (Å²) in [7, 11) is 0. The molecule has 0 saturated carbocycles. The topological polar surface area (TPSA) is 63.2 Å². The number of carbonyl (C=O) groups is 2. The van der Waals surface area contributed by atoms with E-state index in [1.807, 2.05) is 0 Å². The molecule has 1 aromatic rings. The monoisotopic (exact) mass is 251 g/mol. The van der Waals surface area contributed by atoms with E-state index in [0.29, 0.717) is 24.7 Å². The Morgan fingerprint density at radius 3 is 2.88 bits per heavy atom. The van der Waals surface area contributed by atoms with Gasteiger partial charge in [-0.2, -0.15) is 0 Å². The summed E-state index contributed by atoms with van der Waals surface area (Å²) in [5.41, 5.74) is 0. The van der Waals surface area contributed by atoms with Crippen molar-refractivity contribution in [2.24, 2.45) is 5.92 Å². The third-order valence-corrected chi connectivity index (χ3v) is 3.57. The lowest BCUT2D eigenvalue weighted by Gasteiger charge is -2.13. The normalized spacial score (nSPS) is 19.7. The molecule has 1 fully saturated rings. The molecule has 0 radical (unpaired) electrons. The van der Waals surface area contributed by atoms with Crippen molar-refractivity contribution in [3.05, 3.63) is 18.5 Å². The number of nitrogens with zero attached hydrogens (tertiary/aromatic N) is 3. The highest BCUT2D eigenvalue weighted by Gasteiger charge is 2.32. The van der Waals surface area contributed by atoms with Crippen LogP contribution in [0.3, 0.4) is 0 Å². The Morgan fingerprint density at radius 2 is 2.24 bits per heavy atom. The Bertz CT molecular complexity index is 424. The van der Waals surface area contributed by atoms with E-state index in [4.69, 9.17) is 0 Å².